The highest BCUT2D eigenvalue weighted by molar-refractivity contribution is 9.10. The normalized spacial score (nSPS) is 11.1. The first-order valence-corrected chi connectivity index (χ1v) is 8.60. The number of anilines is 1. The lowest BCUT2D eigenvalue weighted by molar-refractivity contribution is 0.353. The van der Waals surface area contributed by atoms with E-state index in [1.165, 1.54) is 31.6 Å². The molecule has 2 aromatic rings. The minimum Gasteiger partial charge on any atom is -0.493 e. The Morgan fingerprint density at radius 1 is 1.00 bits per heavy atom. The molecule has 0 radical (unpaired) electrons. The summed E-state index contributed by atoms with van der Waals surface area (Å²) >= 11 is 3.29. The van der Waals surface area contributed by atoms with Crippen molar-refractivity contribution in [2.24, 2.45) is 0 Å². The number of halogens is 1. The Morgan fingerprint density at radius 3 is 2.09 bits per heavy atom. The van der Waals surface area contributed by atoms with Crippen molar-refractivity contribution < 1.29 is 17.9 Å². The predicted octanol–water partition coefficient (Wildman–Crippen LogP) is 3.29. The first-order valence-electron chi connectivity index (χ1n) is 6.37. The molecule has 118 valence electrons. The van der Waals surface area contributed by atoms with Crippen molar-refractivity contribution in [1.82, 2.24) is 0 Å². The fourth-order valence-corrected chi connectivity index (χ4v) is 4.15. The van der Waals surface area contributed by atoms with E-state index in [1.807, 2.05) is 6.07 Å². The molecule has 0 atom stereocenters. The number of nitrogens with zero attached hydrogens (tertiary/aromatic N) is 1. The van der Waals surface area contributed by atoms with Crippen molar-refractivity contribution in [3.05, 3.63) is 46.9 Å². The van der Waals surface area contributed by atoms with Gasteiger partial charge < -0.3 is 9.47 Å². The third-order valence-corrected chi connectivity index (χ3v) is 5.94. The van der Waals surface area contributed by atoms with Gasteiger partial charge in [-0.2, -0.15) is 0 Å². The number of sulfonamides is 1. The predicted molar refractivity (Wildman–Crippen MR) is 89.3 cm³/mol. The summed E-state index contributed by atoms with van der Waals surface area (Å²) in [6, 6.07) is 11.9. The van der Waals surface area contributed by atoms with Crippen molar-refractivity contribution in [1.29, 1.82) is 0 Å². The summed E-state index contributed by atoms with van der Waals surface area (Å²) < 4.78 is 37.6. The van der Waals surface area contributed by atoms with Crippen LogP contribution in [-0.4, -0.2) is 29.7 Å². The van der Waals surface area contributed by atoms with Crippen LogP contribution in [0.4, 0.5) is 5.69 Å². The lowest BCUT2D eigenvalue weighted by atomic mass is 10.3. The Labute approximate surface area is 138 Å². The van der Waals surface area contributed by atoms with Crippen molar-refractivity contribution in [2.75, 3.05) is 25.6 Å². The maximum atomic E-state index is 12.8. The second kappa shape index (κ2) is 6.58. The molecule has 22 heavy (non-hydrogen) atoms. The number of hydrogen-bond donors (Lipinski definition) is 0. The van der Waals surface area contributed by atoms with Gasteiger partial charge in [-0.25, -0.2) is 8.42 Å². The maximum absolute atomic E-state index is 12.8. The van der Waals surface area contributed by atoms with Gasteiger partial charge in [-0.3, -0.25) is 4.31 Å². The zero-order chi connectivity index (χ0) is 16.3. The van der Waals surface area contributed by atoms with Crippen molar-refractivity contribution >= 4 is 31.6 Å². The third-order valence-electron chi connectivity index (χ3n) is 3.20. The molecular weight excluding hydrogens is 370 g/mol. The van der Waals surface area contributed by atoms with Crippen LogP contribution < -0.4 is 13.8 Å². The van der Waals surface area contributed by atoms with E-state index in [0.717, 1.165) is 0 Å². The van der Waals surface area contributed by atoms with Crippen LogP contribution in [0, 0.1) is 0 Å². The second-order valence-electron chi connectivity index (χ2n) is 4.45. The van der Waals surface area contributed by atoms with Gasteiger partial charge in [0.15, 0.2) is 11.5 Å². The minimum absolute atomic E-state index is 0.108. The molecule has 0 N–H and O–H groups in total. The van der Waals surface area contributed by atoms with Crippen molar-refractivity contribution in [3.63, 3.8) is 0 Å². The molecule has 0 aliphatic rings. The van der Waals surface area contributed by atoms with E-state index in [-0.39, 0.29) is 4.90 Å². The summed E-state index contributed by atoms with van der Waals surface area (Å²) in [7, 11) is 0.734. The summed E-state index contributed by atoms with van der Waals surface area (Å²) in [5.41, 5.74) is 0.573. The fourth-order valence-electron chi connectivity index (χ4n) is 1.96. The smallest absolute Gasteiger partial charge is 0.265 e. The summed E-state index contributed by atoms with van der Waals surface area (Å²) in [6.07, 6.45) is 0. The van der Waals surface area contributed by atoms with E-state index in [1.54, 1.807) is 30.3 Å². The first kappa shape index (κ1) is 16.6. The molecule has 0 saturated carbocycles. The molecule has 0 aromatic heterocycles. The highest BCUT2D eigenvalue weighted by Gasteiger charge is 2.26. The van der Waals surface area contributed by atoms with Gasteiger partial charge >= 0.3 is 0 Å². The number of rotatable bonds is 5. The Morgan fingerprint density at radius 2 is 1.55 bits per heavy atom. The number of para-hydroxylation sites is 1. The topological polar surface area (TPSA) is 55.8 Å². The first-order chi connectivity index (χ1) is 10.4. The summed E-state index contributed by atoms with van der Waals surface area (Å²) in [5, 5.41) is 0. The van der Waals surface area contributed by atoms with Crippen LogP contribution in [-0.2, 0) is 10.0 Å². The minimum atomic E-state index is -3.73. The van der Waals surface area contributed by atoms with E-state index in [2.05, 4.69) is 15.9 Å². The molecular formula is C15H16BrNO4S. The molecule has 0 aliphatic heterocycles. The number of hydrogen-bond acceptors (Lipinski definition) is 4. The fraction of sp³-hybridized carbons (Fsp3) is 0.200. The molecule has 0 fully saturated rings. The van der Waals surface area contributed by atoms with Gasteiger partial charge in [0.2, 0.25) is 0 Å². The highest BCUT2D eigenvalue weighted by atomic mass is 79.9. The standard InChI is InChI=1S/C15H16BrNO4S/c1-17(11-7-5-4-6-8-11)22(18,19)15-10-14(21-3)13(20-2)9-12(15)16/h4-10H,1-3H3. The molecule has 0 aliphatic carbocycles. The summed E-state index contributed by atoms with van der Waals surface area (Å²) in [4.78, 5) is 0.108. The van der Waals surface area contributed by atoms with Crippen LogP contribution in [0.25, 0.3) is 0 Å². The van der Waals surface area contributed by atoms with E-state index < -0.39 is 10.0 Å². The van der Waals surface area contributed by atoms with Crippen molar-refractivity contribution in [3.8, 4) is 11.5 Å². The molecule has 0 heterocycles. The van der Waals surface area contributed by atoms with E-state index in [9.17, 15) is 8.42 Å². The molecule has 0 bridgehead atoms. The number of benzene rings is 2. The van der Waals surface area contributed by atoms with Gasteiger partial charge in [0.05, 0.1) is 19.9 Å². The van der Waals surface area contributed by atoms with Crippen LogP contribution in [0.1, 0.15) is 0 Å². The average molecular weight is 386 g/mol. The van der Waals surface area contributed by atoms with Gasteiger partial charge in [-0.05, 0) is 34.1 Å². The monoisotopic (exact) mass is 385 g/mol. The van der Waals surface area contributed by atoms with E-state index in [4.69, 9.17) is 9.47 Å². The Kier molecular flexibility index (Phi) is 4.97. The molecule has 2 aromatic carbocycles. The molecule has 0 saturated heterocycles. The van der Waals surface area contributed by atoms with Crippen LogP contribution in [0.3, 0.4) is 0 Å². The number of methoxy groups -OCH3 is 2. The molecule has 0 spiro atoms. The quantitative estimate of drug-likeness (QED) is 0.792. The maximum Gasteiger partial charge on any atom is 0.265 e. The molecule has 5 nitrogen and oxygen atoms in total. The van der Waals surface area contributed by atoms with Crippen LogP contribution >= 0.6 is 15.9 Å². The molecule has 0 unspecified atom stereocenters. The summed E-state index contributed by atoms with van der Waals surface area (Å²) in [6.45, 7) is 0. The molecule has 7 heteroatoms. The van der Waals surface area contributed by atoms with Gasteiger partial charge in [-0.1, -0.05) is 18.2 Å². The zero-order valence-corrected chi connectivity index (χ0v) is 14.8. The lowest BCUT2D eigenvalue weighted by Gasteiger charge is -2.21. The zero-order valence-electron chi connectivity index (χ0n) is 12.4. The molecule has 0 amide bonds. The van der Waals surface area contributed by atoms with Gasteiger partial charge in [0.25, 0.3) is 10.0 Å². The molecule has 2 rings (SSSR count). The van der Waals surface area contributed by atoms with Crippen LogP contribution in [0.5, 0.6) is 11.5 Å². The van der Waals surface area contributed by atoms with Crippen LogP contribution in [0.15, 0.2) is 51.8 Å². The average Bonchev–Trinajstić information content (AvgIpc) is 2.54. The summed E-state index contributed by atoms with van der Waals surface area (Å²) in [5.74, 6) is 0.807. The van der Waals surface area contributed by atoms with Gasteiger partial charge in [0.1, 0.15) is 4.90 Å². The Balaban J connectivity index is 2.54. The SMILES string of the molecule is COc1cc(Br)c(S(=O)(=O)N(C)c2ccccc2)cc1OC. The Hall–Kier alpha value is -1.73. The lowest BCUT2D eigenvalue weighted by Crippen LogP contribution is -2.26. The van der Waals surface area contributed by atoms with E-state index >= 15 is 0 Å². The van der Waals surface area contributed by atoms with Gasteiger partial charge in [-0.15, -0.1) is 0 Å². The van der Waals surface area contributed by atoms with Crippen LogP contribution in [0.2, 0.25) is 0 Å². The second-order valence-corrected chi connectivity index (χ2v) is 7.24. The Bertz CT molecular complexity index is 763. The largest absolute Gasteiger partial charge is 0.493 e. The van der Waals surface area contributed by atoms with Crippen molar-refractivity contribution in [2.45, 2.75) is 4.90 Å². The van der Waals surface area contributed by atoms with Gasteiger partial charge in [0, 0.05) is 17.6 Å². The third kappa shape index (κ3) is 3.05. The number of ether oxygens (including phenoxy) is 2. The highest BCUT2D eigenvalue weighted by Crippen LogP contribution is 2.37. The van der Waals surface area contributed by atoms with E-state index in [0.29, 0.717) is 21.7 Å².